The van der Waals surface area contributed by atoms with Crippen LogP contribution in [0.2, 0.25) is 0 Å². The Morgan fingerprint density at radius 3 is 2.36 bits per heavy atom. The lowest BCUT2D eigenvalue weighted by Gasteiger charge is -2.18. The first kappa shape index (κ1) is 17.5. The number of aryl methyl sites for hydroxylation is 1. The molecule has 0 unspecified atom stereocenters. The van der Waals surface area contributed by atoms with E-state index in [-0.39, 0.29) is 18.0 Å². The lowest BCUT2D eigenvalue weighted by molar-refractivity contribution is -0.124. The molecule has 0 fully saturated rings. The highest BCUT2D eigenvalue weighted by Gasteiger charge is 2.19. The minimum atomic E-state index is -0.369. The molecule has 0 aliphatic carbocycles. The summed E-state index contributed by atoms with van der Waals surface area (Å²) < 4.78 is 4.63. The van der Waals surface area contributed by atoms with Crippen LogP contribution >= 0.6 is 15.9 Å². The third-order valence-electron chi connectivity index (χ3n) is 4.29. The first-order valence-corrected chi connectivity index (χ1v) is 9.00. The van der Waals surface area contributed by atoms with Gasteiger partial charge in [-0.1, -0.05) is 12.1 Å². The van der Waals surface area contributed by atoms with Crippen LogP contribution in [0.25, 0.3) is 5.69 Å². The summed E-state index contributed by atoms with van der Waals surface area (Å²) in [6, 6.07) is 11.7. The number of halogens is 1. The molecule has 1 amide bonds. The Labute approximate surface area is 155 Å². The molecule has 2 atom stereocenters. The summed E-state index contributed by atoms with van der Waals surface area (Å²) in [5, 5.41) is 7.41. The first-order valence-electron chi connectivity index (χ1n) is 8.20. The third-order valence-corrected chi connectivity index (χ3v) is 5.07. The van der Waals surface area contributed by atoms with E-state index in [0.29, 0.717) is 0 Å². The van der Waals surface area contributed by atoms with E-state index in [1.807, 2.05) is 68.2 Å². The largest absolute Gasteiger partial charge is 0.348 e. The average Bonchev–Trinajstić information content (AvgIpc) is 3.25. The summed E-state index contributed by atoms with van der Waals surface area (Å²) in [6.07, 6.45) is 5.84. The quantitative estimate of drug-likeness (QED) is 0.697. The van der Waals surface area contributed by atoms with Gasteiger partial charge >= 0.3 is 0 Å². The molecule has 0 spiro atoms. The molecular formula is C19H21BrN4O. The van der Waals surface area contributed by atoms with Gasteiger partial charge in [-0.15, -0.1) is 0 Å². The van der Waals surface area contributed by atoms with Crippen LogP contribution in [0.3, 0.4) is 0 Å². The summed E-state index contributed by atoms with van der Waals surface area (Å²) in [6.45, 7) is 5.73. The minimum Gasteiger partial charge on any atom is -0.348 e. The molecule has 1 N–H and O–H groups in total. The van der Waals surface area contributed by atoms with Crippen molar-refractivity contribution in [1.29, 1.82) is 0 Å². The number of hydrogen-bond acceptors (Lipinski definition) is 2. The van der Waals surface area contributed by atoms with Crippen molar-refractivity contribution in [2.24, 2.45) is 0 Å². The molecule has 25 heavy (non-hydrogen) atoms. The maximum absolute atomic E-state index is 12.5. The van der Waals surface area contributed by atoms with Crippen LogP contribution in [0.1, 0.15) is 37.2 Å². The molecule has 0 radical (unpaired) electrons. The van der Waals surface area contributed by atoms with Gasteiger partial charge in [0.1, 0.15) is 6.04 Å². The Balaban J connectivity index is 1.66. The van der Waals surface area contributed by atoms with Crippen molar-refractivity contribution in [2.45, 2.75) is 32.9 Å². The van der Waals surface area contributed by atoms with Crippen molar-refractivity contribution >= 4 is 21.8 Å². The molecule has 2 heterocycles. The van der Waals surface area contributed by atoms with Gasteiger partial charge in [-0.2, -0.15) is 5.10 Å². The second-order valence-electron chi connectivity index (χ2n) is 6.13. The Kier molecular flexibility index (Phi) is 5.08. The monoisotopic (exact) mass is 400 g/mol. The fourth-order valence-corrected chi connectivity index (χ4v) is 2.93. The predicted octanol–water partition coefficient (Wildman–Crippen LogP) is 4.18. The van der Waals surface area contributed by atoms with Gasteiger partial charge in [-0.3, -0.25) is 9.48 Å². The second-order valence-corrected chi connectivity index (χ2v) is 6.98. The summed E-state index contributed by atoms with van der Waals surface area (Å²) >= 11 is 3.43. The average molecular weight is 401 g/mol. The highest BCUT2D eigenvalue weighted by atomic mass is 79.9. The number of nitrogens with one attached hydrogen (secondary N) is 1. The van der Waals surface area contributed by atoms with Crippen molar-refractivity contribution in [1.82, 2.24) is 19.7 Å². The predicted molar refractivity (Wildman–Crippen MR) is 102 cm³/mol. The zero-order valence-corrected chi connectivity index (χ0v) is 16.1. The SMILES string of the molecule is Cc1nn([C@@H](C)C(=O)N[C@@H](C)c2ccc(-n3cccc3)cc2)cc1Br. The fourth-order valence-electron chi connectivity index (χ4n) is 2.64. The number of hydrogen-bond donors (Lipinski definition) is 1. The molecule has 3 rings (SSSR count). The van der Waals surface area contributed by atoms with Gasteiger partial charge in [0.05, 0.1) is 16.2 Å². The highest BCUT2D eigenvalue weighted by molar-refractivity contribution is 9.10. The van der Waals surface area contributed by atoms with Crippen molar-refractivity contribution in [3.05, 3.63) is 70.7 Å². The highest BCUT2D eigenvalue weighted by Crippen LogP contribution is 2.19. The Morgan fingerprint density at radius 1 is 1.16 bits per heavy atom. The van der Waals surface area contributed by atoms with Crippen LogP contribution in [0, 0.1) is 6.92 Å². The van der Waals surface area contributed by atoms with E-state index >= 15 is 0 Å². The van der Waals surface area contributed by atoms with E-state index in [1.54, 1.807) is 4.68 Å². The molecule has 0 saturated heterocycles. The number of aromatic nitrogens is 3. The van der Waals surface area contributed by atoms with E-state index in [1.165, 1.54) is 0 Å². The normalized spacial score (nSPS) is 13.4. The van der Waals surface area contributed by atoms with Gasteiger partial charge in [-0.25, -0.2) is 0 Å². The maximum atomic E-state index is 12.5. The Morgan fingerprint density at radius 2 is 1.80 bits per heavy atom. The maximum Gasteiger partial charge on any atom is 0.245 e. The zero-order chi connectivity index (χ0) is 18.0. The molecule has 3 aromatic rings. The van der Waals surface area contributed by atoms with Crippen LogP contribution in [-0.2, 0) is 4.79 Å². The third kappa shape index (κ3) is 3.85. The smallest absolute Gasteiger partial charge is 0.245 e. The van der Waals surface area contributed by atoms with Crippen LogP contribution < -0.4 is 5.32 Å². The molecule has 5 nitrogen and oxygen atoms in total. The van der Waals surface area contributed by atoms with Crippen LogP contribution in [0.15, 0.2) is 59.5 Å². The van der Waals surface area contributed by atoms with Crippen LogP contribution in [0.4, 0.5) is 0 Å². The van der Waals surface area contributed by atoms with E-state index in [4.69, 9.17) is 0 Å². The Bertz CT molecular complexity index is 833. The van der Waals surface area contributed by atoms with Gasteiger partial charge in [0.2, 0.25) is 5.91 Å². The van der Waals surface area contributed by atoms with Crippen molar-refractivity contribution in [3.63, 3.8) is 0 Å². The summed E-state index contributed by atoms with van der Waals surface area (Å²) in [7, 11) is 0. The molecule has 2 aromatic heterocycles. The molecule has 0 bridgehead atoms. The molecule has 1 aromatic carbocycles. The topological polar surface area (TPSA) is 51.9 Å². The lowest BCUT2D eigenvalue weighted by Crippen LogP contribution is -2.33. The Hall–Kier alpha value is -2.34. The lowest BCUT2D eigenvalue weighted by atomic mass is 10.1. The van der Waals surface area contributed by atoms with Gasteiger partial charge in [0.25, 0.3) is 0 Å². The van der Waals surface area contributed by atoms with Gasteiger partial charge in [-0.05, 0) is 66.5 Å². The van der Waals surface area contributed by atoms with Gasteiger partial charge in [0.15, 0.2) is 0 Å². The zero-order valence-electron chi connectivity index (χ0n) is 14.5. The number of carbonyl (C=O) groups excluding carboxylic acids is 1. The number of nitrogens with zero attached hydrogens (tertiary/aromatic N) is 3. The molecular weight excluding hydrogens is 380 g/mol. The standard InChI is InChI=1S/C19H21BrN4O/c1-13(16-6-8-17(9-7-16)23-10-4-5-11-23)21-19(25)15(3)24-12-18(20)14(2)22-24/h4-13,15H,1-3H3,(H,21,25)/t13-,15-/m0/s1. The molecule has 6 heteroatoms. The van der Waals surface area contributed by atoms with E-state index in [0.717, 1.165) is 21.4 Å². The summed E-state index contributed by atoms with van der Waals surface area (Å²) in [4.78, 5) is 12.5. The fraction of sp³-hybridized carbons (Fsp3) is 0.263. The van der Waals surface area contributed by atoms with E-state index in [9.17, 15) is 4.79 Å². The molecule has 0 aliphatic rings. The second kappa shape index (κ2) is 7.27. The van der Waals surface area contributed by atoms with Crippen LogP contribution in [-0.4, -0.2) is 20.3 Å². The number of rotatable bonds is 5. The summed E-state index contributed by atoms with van der Waals surface area (Å²) in [5.74, 6) is -0.0583. The summed E-state index contributed by atoms with van der Waals surface area (Å²) in [5.41, 5.74) is 3.03. The molecule has 0 saturated carbocycles. The minimum absolute atomic E-state index is 0.0583. The number of amides is 1. The first-order chi connectivity index (χ1) is 12.0. The van der Waals surface area contributed by atoms with Gasteiger partial charge < -0.3 is 9.88 Å². The van der Waals surface area contributed by atoms with Crippen LogP contribution in [0.5, 0.6) is 0 Å². The number of benzene rings is 1. The molecule has 0 aliphatic heterocycles. The van der Waals surface area contributed by atoms with Crippen molar-refractivity contribution in [2.75, 3.05) is 0 Å². The number of carbonyl (C=O) groups is 1. The van der Waals surface area contributed by atoms with Crippen molar-refractivity contribution < 1.29 is 4.79 Å². The van der Waals surface area contributed by atoms with Gasteiger partial charge in [0, 0.05) is 24.3 Å². The van der Waals surface area contributed by atoms with Crippen molar-refractivity contribution in [3.8, 4) is 5.69 Å². The van der Waals surface area contributed by atoms with E-state index in [2.05, 4.69) is 38.5 Å². The molecule has 130 valence electrons. The van der Waals surface area contributed by atoms with E-state index < -0.39 is 0 Å².